The van der Waals surface area contributed by atoms with E-state index in [1.807, 2.05) is 6.08 Å². The van der Waals surface area contributed by atoms with Gasteiger partial charge in [0.2, 0.25) is 0 Å². The van der Waals surface area contributed by atoms with E-state index in [-0.39, 0.29) is 13.0 Å². The summed E-state index contributed by atoms with van der Waals surface area (Å²) in [5.74, 6) is -1.86. The van der Waals surface area contributed by atoms with E-state index in [9.17, 15) is 19.0 Å². The van der Waals surface area contributed by atoms with E-state index in [1.165, 1.54) is 6.42 Å². The van der Waals surface area contributed by atoms with Gasteiger partial charge in [0.25, 0.3) is 0 Å². The summed E-state index contributed by atoms with van der Waals surface area (Å²) in [6, 6.07) is -1.49. The summed E-state index contributed by atoms with van der Waals surface area (Å²) in [6.07, 6.45) is 61.2. The third kappa shape index (κ3) is 44.2. The average molecular weight is 870 g/mol. The lowest BCUT2D eigenvalue weighted by molar-refractivity contribution is -0.154. The van der Waals surface area contributed by atoms with Crippen molar-refractivity contribution in [2.75, 3.05) is 26.4 Å². The van der Waals surface area contributed by atoms with Crippen molar-refractivity contribution in [1.82, 2.24) is 0 Å². The fourth-order valence-electron chi connectivity index (χ4n) is 5.31. The first kappa shape index (κ1) is 57.4. The SMILES string of the molecule is CC/C=C\C/C=C\C/C=C\C/C=C\C/C=C\CCCCCCCCOCC(COP(=O)(O)OCC(N)C(=O)O)OC(=O)CCC/C=C\C/C=C\C/C=C\C/C=C\C/C=C\CC. The van der Waals surface area contributed by atoms with E-state index >= 15 is 0 Å². The van der Waals surface area contributed by atoms with Gasteiger partial charge in [-0.3, -0.25) is 18.6 Å². The number of rotatable bonds is 41. The highest BCUT2D eigenvalue weighted by molar-refractivity contribution is 7.47. The van der Waals surface area contributed by atoms with Crippen molar-refractivity contribution in [3.8, 4) is 0 Å². The molecule has 0 aliphatic heterocycles. The van der Waals surface area contributed by atoms with Crippen molar-refractivity contribution in [3.63, 3.8) is 0 Å². The van der Waals surface area contributed by atoms with Crippen molar-refractivity contribution in [2.24, 2.45) is 5.73 Å². The van der Waals surface area contributed by atoms with E-state index in [0.717, 1.165) is 103 Å². The maximum absolute atomic E-state index is 12.6. The van der Waals surface area contributed by atoms with Crippen LogP contribution < -0.4 is 5.73 Å². The second-order valence-corrected chi connectivity index (χ2v) is 15.9. The smallest absolute Gasteiger partial charge is 0.472 e. The van der Waals surface area contributed by atoms with Crippen molar-refractivity contribution >= 4 is 19.8 Å². The van der Waals surface area contributed by atoms with Gasteiger partial charge in [-0.25, -0.2) is 4.57 Å². The maximum atomic E-state index is 12.6. The summed E-state index contributed by atoms with van der Waals surface area (Å²) < 4.78 is 33.3. The Labute approximate surface area is 369 Å². The molecule has 0 aromatic carbocycles. The summed E-state index contributed by atoms with van der Waals surface area (Å²) in [4.78, 5) is 33.6. The molecule has 61 heavy (non-hydrogen) atoms. The number of allylic oxidation sites excluding steroid dienone is 20. The number of carboxylic acids is 1. The van der Waals surface area contributed by atoms with Crippen LogP contribution in [0.2, 0.25) is 0 Å². The first-order valence-corrected chi connectivity index (χ1v) is 24.1. The van der Waals surface area contributed by atoms with Crippen molar-refractivity contribution in [2.45, 2.75) is 154 Å². The van der Waals surface area contributed by atoms with Crippen molar-refractivity contribution in [3.05, 3.63) is 122 Å². The van der Waals surface area contributed by atoms with Crippen LogP contribution in [0.25, 0.3) is 0 Å². The molecular weight excluding hydrogens is 790 g/mol. The first-order chi connectivity index (χ1) is 29.7. The molecule has 0 aliphatic carbocycles. The summed E-state index contributed by atoms with van der Waals surface area (Å²) in [6.45, 7) is 3.51. The molecule has 11 heteroatoms. The van der Waals surface area contributed by atoms with Crippen LogP contribution in [0.3, 0.4) is 0 Å². The zero-order valence-electron chi connectivity index (χ0n) is 37.4. The van der Waals surface area contributed by atoms with Gasteiger partial charge in [0, 0.05) is 13.0 Å². The molecule has 0 saturated carbocycles. The lowest BCUT2D eigenvalue weighted by Crippen LogP contribution is -2.34. The van der Waals surface area contributed by atoms with Crippen molar-refractivity contribution < 1.29 is 42.7 Å². The number of unbranched alkanes of at least 4 members (excludes halogenated alkanes) is 7. The number of hydrogen-bond acceptors (Lipinski definition) is 8. The van der Waals surface area contributed by atoms with Gasteiger partial charge in [-0.2, -0.15) is 0 Å². The zero-order chi connectivity index (χ0) is 44.8. The molecule has 4 N–H and O–H groups in total. The Morgan fingerprint density at radius 1 is 0.525 bits per heavy atom. The average Bonchev–Trinajstić information content (AvgIpc) is 3.24. The molecule has 0 heterocycles. The molecule has 0 saturated heterocycles. The Kier molecular flexibility index (Phi) is 41.8. The van der Waals surface area contributed by atoms with Gasteiger partial charge in [-0.15, -0.1) is 0 Å². The summed E-state index contributed by atoms with van der Waals surface area (Å²) in [7, 11) is -4.65. The Bertz CT molecular complexity index is 1420. The van der Waals surface area contributed by atoms with Gasteiger partial charge < -0.3 is 25.2 Å². The second kappa shape index (κ2) is 44.4. The minimum atomic E-state index is -4.65. The highest BCUT2D eigenvalue weighted by atomic mass is 31.2. The van der Waals surface area contributed by atoms with Crippen molar-refractivity contribution in [1.29, 1.82) is 0 Å². The topological polar surface area (TPSA) is 155 Å². The number of carbonyl (C=O) groups is 2. The molecule has 0 bridgehead atoms. The predicted molar refractivity (Wildman–Crippen MR) is 253 cm³/mol. The quantitative estimate of drug-likeness (QED) is 0.0234. The number of ether oxygens (including phenoxy) is 2. The highest BCUT2D eigenvalue weighted by Gasteiger charge is 2.27. The molecular formula is C50H80NO9P. The van der Waals surface area contributed by atoms with Gasteiger partial charge in [0.1, 0.15) is 12.1 Å². The number of esters is 1. The van der Waals surface area contributed by atoms with Crippen LogP contribution in [0.4, 0.5) is 0 Å². The maximum Gasteiger partial charge on any atom is 0.472 e. The molecule has 0 radical (unpaired) electrons. The molecule has 3 unspecified atom stereocenters. The number of nitrogens with two attached hydrogens (primary N) is 1. The predicted octanol–water partition coefficient (Wildman–Crippen LogP) is 12.9. The molecule has 3 atom stereocenters. The minimum Gasteiger partial charge on any atom is -0.480 e. The molecule has 0 amide bonds. The van der Waals surface area contributed by atoms with Gasteiger partial charge in [0.05, 0.1) is 19.8 Å². The van der Waals surface area contributed by atoms with Crippen LogP contribution in [-0.2, 0) is 32.7 Å². The van der Waals surface area contributed by atoms with Crippen LogP contribution in [0, 0.1) is 0 Å². The van der Waals surface area contributed by atoms with Crippen LogP contribution in [0.15, 0.2) is 122 Å². The number of hydrogen-bond donors (Lipinski definition) is 3. The van der Waals surface area contributed by atoms with Crippen LogP contribution in [-0.4, -0.2) is 60.5 Å². The largest absolute Gasteiger partial charge is 0.480 e. The number of carboxylic acid groups (broad SMARTS) is 1. The molecule has 0 aliphatic rings. The van der Waals surface area contributed by atoms with E-state index in [0.29, 0.717) is 19.4 Å². The van der Waals surface area contributed by atoms with E-state index < -0.39 is 45.1 Å². The lowest BCUT2D eigenvalue weighted by Gasteiger charge is -2.20. The minimum absolute atomic E-state index is 0.0254. The molecule has 0 rings (SSSR count). The molecule has 0 aromatic rings. The Morgan fingerprint density at radius 3 is 1.34 bits per heavy atom. The molecule has 0 aromatic heterocycles. The lowest BCUT2D eigenvalue weighted by atomic mass is 10.1. The first-order valence-electron chi connectivity index (χ1n) is 22.6. The Morgan fingerprint density at radius 2 is 0.902 bits per heavy atom. The molecule has 0 fully saturated rings. The van der Waals surface area contributed by atoms with Crippen LogP contribution >= 0.6 is 7.82 Å². The number of phosphoric acid groups is 1. The number of aliphatic carboxylic acids is 1. The van der Waals surface area contributed by atoms with E-state index in [2.05, 4.69) is 129 Å². The van der Waals surface area contributed by atoms with Crippen LogP contribution in [0.1, 0.15) is 142 Å². The fraction of sp³-hybridized carbons (Fsp3) is 0.560. The Balaban J connectivity index is 4.36. The van der Waals surface area contributed by atoms with Crippen LogP contribution in [0.5, 0.6) is 0 Å². The van der Waals surface area contributed by atoms with Gasteiger partial charge in [0.15, 0.2) is 0 Å². The number of phosphoric ester groups is 1. The Hall–Kier alpha value is -3.63. The summed E-state index contributed by atoms with van der Waals surface area (Å²) in [5.41, 5.74) is 5.35. The highest BCUT2D eigenvalue weighted by Crippen LogP contribution is 2.43. The van der Waals surface area contributed by atoms with Gasteiger partial charge >= 0.3 is 19.8 Å². The molecule has 0 spiro atoms. The molecule has 10 nitrogen and oxygen atoms in total. The zero-order valence-corrected chi connectivity index (χ0v) is 38.3. The van der Waals surface area contributed by atoms with Gasteiger partial charge in [-0.1, -0.05) is 161 Å². The van der Waals surface area contributed by atoms with E-state index in [4.69, 9.17) is 29.4 Å². The standard InChI is InChI=1S/C50H80NO9P/c1-3-5-7-9-11-13-15-17-19-21-22-23-24-25-27-29-31-33-35-37-39-41-43-57-44-47(45-58-61(55,56)59-46-48(51)50(53)54)60-49(52)42-40-38-36-34-32-30-28-26-20-18-16-14-12-10-8-6-4-2/h5-8,11-14,17-20,22-23,25,27-28,30,34,36,47-48H,3-4,9-10,15-16,21,24,26,29,31-33,35,37-46,51H2,1-2H3,(H,53,54)(H,55,56)/b7-5-,8-6-,13-11-,14-12-,19-17-,20-18-,23-22-,27-25-,30-28-,36-34-. The normalized spacial score (nSPS) is 15.0. The fourth-order valence-corrected chi connectivity index (χ4v) is 6.09. The third-order valence-electron chi connectivity index (χ3n) is 8.74. The molecule has 344 valence electrons. The summed E-state index contributed by atoms with van der Waals surface area (Å²) in [5, 5.41) is 8.91. The summed E-state index contributed by atoms with van der Waals surface area (Å²) >= 11 is 0. The third-order valence-corrected chi connectivity index (χ3v) is 9.69. The van der Waals surface area contributed by atoms with Gasteiger partial charge in [-0.05, 0) is 96.3 Å². The number of carbonyl (C=O) groups excluding carboxylic acids is 1. The second-order valence-electron chi connectivity index (χ2n) is 14.4. The van der Waals surface area contributed by atoms with E-state index in [1.54, 1.807) is 0 Å². The monoisotopic (exact) mass is 870 g/mol.